The number of phosphoric acid groups is 2. The van der Waals surface area contributed by atoms with Gasteiger partial charge in [0, 0.05) is 0 Å². The van der Waals surface area contributed by atoms with Crippen molar-refractivity contribution in [3.05, 3.63) is 0 Å². The maximum atomic E-state index is 11.6. The molecule has 1 aliphatic carbocycles. The van der Waals surface area contributed by atoms with Crippen LogP contribution in [-0.4, -0.2) is 91.5 Å². The van der Waals surface area contributed by atoms with E-state index in [0.29, 0.717) is 0 Å². The van der Waals surface area contributed by atoms with E-state index in [1.807, 2.05) is 0 Å². The van der Waals surface area contributed by atoms with Gasteiger partial charge >= 0.3 is 59.1 Å². The molecule has 4 unspecified atom stereocenters. The summed E-state index contributed by atoms with van der Waals surface area (Å²) in [5.74, 6) is 0. The summed E-state index contributed by atoms with van der Waals surface area (Å²) in [6.45, 7) is -1.75. The van der Waals surface area contributed by atoms with Crippen LogP contribution in [0.15, 0.2) is 0 Å². The Hall–Kier alpha value is 1.98. The van der Waals surface area contributed by atoms with Gasteiger partial charge in [-0.3, -0.25) is 9.13 Å². The molecular formula is C9H18Na2O14P2. The Morgan fingerprint density at radius 1 is 0.889 bits per heavy atom. The number of phosphoric ester groups is 2. The molecule has 0 spiro atoms. The Morgan fingerprint density at radius 2 is 1.26 bits per heavy atom. The minimum absolute atomic E-state index is 0. The fourth-order valence-electron chi connectivity index (χ4n) is 1.99. The van der Waals surface area contributed by atoms with Crippen LogP contribution in [0, 0.1) is 0 Å². The van der Waals surface area contributed by atoms with Gasteiger partial charge in [0.2, 0.25) is 0 Å². The van der Waals surface area contributed by atoms with Crippen LogP contribution in [0.3, 0.4) is 0 Å². The second-order valence-electron chi connectivity index (χ2n) is 5.15. The molecule has 0 aliphatic heterocycles. The second-order valence-corrected chi connectivity index (χ2v) is 7.66. The summed E-state index contributed by atoms with van der Waals surface area (Å²) in [5, 5.41) is 56.5. The first kappa shape index (κ1) is 31.2. The van der Waals surface area contributed by atoms with Crippen molar-refractivity contribution in [2.45, 2.75) is 42.7 Å². The van der Waals surface area contributed by atoms with Crippen LogP contribution >= 0.6 is 15.6 Å². The van der Waals surface area contributed by atoms with Crippen LogP contribution in [0.4, 0.5) is 0 Å². The number of rotatable bonds is 8. The largest absolute Gasteiger partial charge is 1.00 e. The van der Waals surface area contributed by atoms with E-state index in [4.69, 9.17) is 15.1 Å². The molecule has 1 aliphatic rings. The predicted octanol–water partition coefficient (Wildman–Crippen LogP) is -11.5. The van der Waals surface area contributed by atoms with Gasteiger partial charge in [-0.05, 0) is 0 Å². The minimum Gasteiger partial charge on any atom is -0.756 e. The van der Waals surface area contributed by atoms with Crippen molar-refractivity contribution in [2.75, 3.05) is 13.2 Å². The Labute approximate surface area is 197 Å². The van der Waals surface area contributed by atoms with Crippen molar-refractivity contribution in [3.8, 4) is 0 Å². The molecule has 9 atom stereocenters. The van der Waals surface area contributed by atoms with E-state index in [-0.39, 0.29) is 59.1 Å². The third-order valence-electron chi connectivity index (χ3n) is 3.19. The topological polar surface area (TPSA) is 250 Å². The van der Waals surface area contributed by atoms with Crippen LogP contribution in [0.5, 0.6) is 0 Å². The first-order chi connectivity index (χ1) is 11.3. The van der Waals surface area contributed by atoms with Crippen molar-refractivity contribution in [2.24, 2.45) is 0 Å². The normalized spacial score (nSPS) is 36.5. The average Bonchev–Trinajstić information content (AvgIpc) is 2.50. The van der Waals surface area contributed by atoms with Gasteiger partial charge in [-0.25, -0.2) is 0 Å². The Morgan fingerprint density at radius 3 is 1.59 bits per heavy atom. The first-order valence-electron chi connectivity index (χ1n) is 6.66. The molecule has 1 rings (SSSR count). The summed E-state index contributed by atoms with van der Waals surface area (Å²) in [6.07, 6.45) is -15.1. The molecule has 0 bridgehead atoms. The van der Waals surface area contributed by atoms with Gasteiger partial charge < -0.3 is 58.9 Å². The van der Waals surface area contributed by atoms with Gasteiger partial charge in [-0.15, -0.1) is 0 Å². The van der Waals surface area contributed by atoms with Gasteiger partial charge in [0.15, 0.2) is 0 Å². The molecule has 7 N–H and O–H groups in total. The monoisotopic (exact) mass is 458 g/mol. The van der Waals surface area contributed by atoms with Gasteiger partial charge in [-0.1, -0.05) is 0 Å². The van der Waals surface area contributed by atoms with Crippen molar-refractivity contribution >= 4 is 15.6 Å². The molecule has 27 heavy (non-hydrogen) atoms. The molecular weight excluding hydrogens is 440 g/mol. The molecule has 0 heterocycles. The average molecular weight is 458 g/mol. The van der Waals surface area contributed by atoms with E-state index in [1.54, 1.807) is 0 Å². The zero-order valence-corrected chi connectivity index (χ0v) is 20.1. The summed E-state index contributed by atoms with van der Waals surface area (Å²) in [4.78, 5) is 30.8. The van der Waals surface area contributed by atoms with E-state index < -0.39 is 71.6 Å². The molecule has 18 heteroatoms. The molecule has 0 radical (unpaired) electrons. The molecule has 0 saturated heterocycles. The summed E-state index contributed by atoms with van der Waals surface area (Å²) >= 11 is 0. The number of hydrogen-bond acceptors (Lipinski definition) is 13. The fourth-order valence-corrected chi connectivity index (χ4v) is 3.51. The van der Waals surface area contributed by atoms with Gasteiger partial charge in [-0.2, -0.15) is 0 Å². The van der Waals surface area contributed by atoms with Gasteiger partial charge in [0.05, 0.1) is 13.2 Å². The summed E-state index contributed by atoms with van der Waals surface area (Å²) in [5.41, 5.74) is 0. The molecule has 0 amide bonds. The fraction of sp³-hybridized carbons (Fsp3) is 1.00. The van der Waals surface area contributed by atoms with E-state index in [9.17, 15) is 39.3 Å². The van der Waals surface area contributed by atoms with Crippen LogP contribution in [0.1, 0.15) is 0 Å². The first-order valence-corrected chi connectivity index (χ1v) is 9.62. The molecule has 14 nitrogen and oxygen atoms in total. The van der Waals surface area contributed by atoms with Crippen LogP contribution in [0.25, 0.3) is 0 Å². The van der Waals surface area contributed by atoms with Crippen molar-refractivity contribution in [1.29, 1.82) is 0 Å². The SMILES string of the molecule is O=P([O-])(O)OC1[C@@H](O)[C@@H](O)C(OP(=O)([O-])OC[C@H](O)CO)[C@H](O)[C@H]1O.[Na+].[Na+]. The molecule has 1 fully saturated rings. The maximum Gasteiger partial charge on any atom is 1.00 e. The Bertz CT molecular complexity index is 517. The van der Waals surface area contributed by atoms with Crippen LogP contribution < -0.4 is 68.9 Å². The molecule has 0 aromatic heterocycles. The number of aliphatic hydroxyl groups excluding tert-OH is 6. The standard InChI is InChI=1S/C9H20O14P2.2Na/c10-1-3(11)2-21-25(19,20)23-9-6(14)4(12)8(5(13)7(9)15)22-24(16,17)18;;/h3-15H,1-2H2,(H,19,20)(H2,16,17,18);;/q;2*+1/p-2/t3-,4-,5+,6-,7-,8?,9?;;/m1../s1. The molecule has 150 valence electrons. The smallest absolute Gasteiger partial charge is 0.756 e. The van der Waals surface area contributed by atoms with E-state index in [1.165, 1.54) is 0 Å². The zero-order chi connectivity index (χ0) is 19.6. The molecule has 0 aromatic carbocycles. The van der Waals surface area contributed by atoms with Crippen LogP contribution in [0.2, 0.25) is 0 Å². The quantitative estimate of drug-likeness (QED) is 0.132. The predicted molar refractivity (Wildman–Crippen MR) is 70.2 cm³/mol. The summed E-state index contributed by atoms with van der Waals surface area (Å²) in [6, 6.07) is 0. The zero-order valence-electron chi connectivity index (χ0n) is 14.3. The maximum absolute atomic E-state index is 11.6. The second kappa shape index (κ2) is 12.7. The minimum atomic E-state index is -5.47. The number of hydrogen-bond donors (Lipinski definition) is 7. The van der Waals surface area contributed by atoms with E-state index in [2.05, 4.69) is 13.6 Å². The van der Waals surface area contributed by atoms with Crippen molar-refractivity contribution in [1.82, 2.24) is 0 Å². The Kier molecular flexibility index (Phi) is 14.7. The third kappa shape index (κ3) is 9.76. The Balaban J connectivity index is 0. The molecule has 0 aromatic rings. The van der Waals surface area contributed by atoms with Crippen molar-refractivity contribution in [3.63, 3.8) is 0 Å². The van der Waals surface area contributed by atoms with E-state index >= 15 is 0 Å². The van der Waals surface area contributed by atoms with Crippen LogP contribution in [-0.2, 0) is 22.7 Å². The number of aliphatic hydroxyl groups is 6. The summed E-state index contributed by atoms with van der Waals surface area (Å²) in [7, 11) is -10.8. The molecule has 1 saturated carbocycles. The van der Waals surface area contributed by atoms with E-state index in [0.717, 1.165) is 0 Å². The van der Waals surface area contributed by atoms with Gasteiger partial charge in [0.1, 0.15) is 42.7 Å². The van der Waals surface area contributed by atoms with Gasteiger partial charge in [0.25, 0.3) is 15.6 Å². The van der Waals surface area contributed by atoms with Crippen molar-refractivity contribution < 1.29 is 127 Å². The summed E-state index contributed by atoms with van der Waals surface area (Å²) < 4.78 is 34.7. The third-order valence-corrected chi connectivity index (χ3v) is 4.66.